The molecule has 0 saturated carbocycles. The highest BCUT2D eigenvalue weighted by Gasteiger charge is 2.41. The van der Waals surface area contributed by atoms with Gasteiger partial charge in [-0.05, 0) is 72.9 Å². The zero-order chi connectivity index (χ0) is 32.6. The first-order valence-electron chi connectivity index (χ1n) is 15.4. The molecule has 0 radical (unpaired) electrons. The Hall–Kier alpha value is -5.18. The maximum atomic E-state index is 14.5. The van der Waals surface area contributed by atoms with E-state index in [1.165, 1.54) is 12.0 Å². The molecule has 2 heterocycles. The molecule has 6 rings (SSSR count). The van der Waals surface area contributed by atoms with E-state index in [1.807, 2.05) is 66.7 Å². The largest absolute Gasteiger partial charge is 0.469 e. The minimum atomic E-state index is -0.893. The Bertz CT molecular complexity index is 1840. The molecule has 1 N–H and O–H groups in total. The summed E-state index contributed by atoms with van der Waals surface area (Å²) in [6.07, 6.45) is 0.210. The van der Waals surface area contributed by atoms with Gasteiger partial charge in [-0.15, -0.1) is 0 Å². The summed E-state index contributed by atoms with van der Waals surface area (Å²) in [7, 11) is 1.34. The fraction of sp³-hybridized carbons (Fsp3) is 0.297. The number of hydrogen-bond acceptors (Lipinski definition) is 6. The summed E-state index contributed by atoms with van der Waals surface area (Å²) in [6.45, 7) is 5.64. The van der Waals surface area contributed by atoms with E-state index >= 15 is 0 Å². The maximum absolute atomic E-state index is 14.5. The third-order valence-electron chi connectivity index (χ3n) is 8.49. The van der Waals surface area contributed by atoms with Crippen molar-refractivity contribution in [1.29, 1.82) is 0 Å². The van der Waals surface area contributed by atoms with E-state index in [2.05, 4.69) is 5.32 Å². The number of anilines is 2. The molecule has 2 aliphatic rings. The fourth-order valence-corrected chi connectivity index (χ4v) is 6.31. The standard InChI is InChI=1S/C37H37N3O6/c1-37(2,3)46-36(44)40-31-16-10-9-14-26(31)20-32(40)34(42)38-30-19-25-13-6-5-12-24(25)18-29(30)35(43)39-22-27-15-8-7-11-23(27)17-28(39)21-33(41)45-4/h5-16,18-19,28,32H,17,20-22H2,1-4H3,(H,38,42)/t28-,32-/m1/s1. The van der Waals surface area contributed by atoms with Crippen molar-refractivity contribution >= 4 is 46.0 Å². The minimum absolute atomic E-state index is 0.0387. The number of nitrogens with zero attached hydrogens (tertiary/aromatic N) is 2. The van der Waals surface area contributed by atoms with Gasteiger partial charge in [0.2, 0.25) is 5.91 Å². The van der Waals surface area contributed by atoms with E-state index in [4.69, 9.17) is 9.47 Å². The lowest BCUT2D eigenvalue weighted by Gasteiger charge is -2.37. The van der Waals surface area contributed by atoms with Gasteiger partial charge in [0.15, 0.2) is 0 Å². The number of carbonyl (C=O) groups is 4. The predicted molar refractivity (Wildman–Crippen MR) is 176 cm³/mol. The fourth-order valence-electron chi connectivity index (χ4n) is 6.31. The Morgan fingerprint density at radius 3 is 2.15 bits per heavy atom. The number of rotatable bonds is 5. The summed E-state index contributed by atoms with van der Waals surface area (Å²) in [5.74, 6) is -1.16. The van der Waals surface area contributed by atoms with Crippen LogP contribution in [-0.4, -0.2) is 53.6 Å². The van der Waals surface area contributed by atoms with E-state index in [1.54, 1.807) is 43.9 Å². The van der Waals surface area contributed by atoms with Gasteiger partial charge in [0, 0.05) is 19.0 Å². The molecule has 46 heavy (non-hydrogen) atoms. The number of nitrogens with one attached hydrogen (secondary N) is 1. The van der Waals surface area contributed by atoms with E-state index in [0.29, 0.717) is 36.3 Å². The number of ether oxygens (including phenoxy) is 2. The number of hydrogen-bond donors (Lipinski definition) is 1. The van der Waals surface area contributed by atoms with Crippen molar-refractivity contribution < 1.29 is 28.7 Å². The van der Waals surface area contributed by atoms with Gasteiger partial charge in [0.1, 0.15) is 11.6 Å². The van der Waals surface area contributed by atoms with Crippen LogP contribution < -0.4 is 10.2 Å². The quantitative estimate of drug-likeness (QED) is 0.264. The molecule has 4 aromatic carbocycles. The summed E-state index contributed by atoms with van der Waals surface area (Å²) in [6, 6.07) is 25.1. The van der Waals surface area contributed by atoms with Crippen molar-refractivity contribution in [2.45, 2.75) is 64.3 Å². The first kappa shape index (κ1) is 30.8. The van der Waals surface area contributed by atoms with Crippen molar-refractivity contribution in [3.63, 3.8) is 0 Å². The number of esters is 1. The molecule has 0 aliphatic carbocycles. The lowest BCUT2D eigenvalue weighted by Crippen LogP contribution is -2.48. The van der Waals surface area contributed by atoms with Crippen molar-refractivity contribution in [3.8, 4) is 0 Å². The number of amides is 3. The average Bonchev–Trinajstić information content (AvgIpc) is 3.43. The van der Waals surface area contributed by atoms with Gasteiger partial charge in [-0.1, -0.05) is 66.7 Å². The Kier molecular flexibility index (Phi) is 8.25. The van der Waals surface area contributed by atoms with Gasteiger partial charge in [-0.3, -0.25) is 19.3 Å². The van der Waals surface area contributed by atoms with Crippen molar-refractivity contribution in [2.24, 2.45) is 0 Å². The number of fused-ring (bicyclic) bond motifs is 3. The Morgan fingerprint density at radius 1 is 0.826 bits per heavy atom. The van der Waals surface area contributed by atoms with Crippen LogP contribution in [0.1, 0.15) is 54.2 Å². The van der Waals surface area contributed by atoms with Crippen LogP contribution in [0.2, 0.25) is 0 Å². The van der Waals surface area contributed by atoms with Crippen LogP contribution in [0.15, 0.2) is 84.9 Å². The minimum Gasteiger partial charge on any atom is -0.469 e. The van der Waals surface area contributed by atoms with Gasteiger partial charge >= 0.3 is 12.1 Å². The molecule has 0 saturated heterocycles. The van der Waals surface area contributed by atoms with Crippen LogP contribution in [0, 0.1) is 0 Å². The molecule has 2 aliphatic heterocycles. The molecule has 0 aromatic heterocycles. The highest BCUT2D eigenvalue weighted by atomic mass is 16.6. The van der Waals surface area contributed by atoms with E-state index in [0.717, 1.165) is 27.5 Å². The van der Waals surface area contributed by atoms with E-state index < -0.39 is 35.7 Å². The summed E-state index contributed by atoms with van der Waals surface area (Å²) < 4.78 is 10.7. The van der Waals surface area contributed by atoms with Crippen LogP contribution >= 0.6 is 0 Å². The molecule has 9 nitrogen and oxygen atoms in total. The molecule has 0 bridgehead atoms. The van der Waals surface area contributed by atoms with Crippen molar-refractivity contribution in [2.75, 3.05) is 17.3 Å². The zero-order valence-electron chi connectivity index (χ0n) is 26.4. The molecule has 3 amide bonds. The Balaban J connectivity index is 1.37. The summed E-state index contributed by atoms with van der Waals surface area (Å²) in [4.78, 5) is 57.6. The third kappa shape index (κ3) is 6.18. The van der Waals surface area contributed by atoms with Gasteiger partial charge in [-0.2, -0.15) is 0 Å². The van der Waals surface area contributed by atoms with Gasteiger partial charge in [0.25, 0.3) is 5.91 Å². The van der Waals surface area contributed by atoms with Crippen molar-refractivity contribution in [1.82, 2.24) is 4.90 Å². The normalized spacial score (nSPS) is 17.2. The highest BCUT2D eigenvalue weighted by Crippen LogP contribution is 2.35. The zero-order valence-corrected chi connectivity index (χ0v) is 26.4. The van der Waals surface area contributed by atoms with Crippen molar-refractivity contribution in [3.05, 3.63) is 107 Å². The van der Waals surface area contributed by atoms with Crippen LogP contribution in [0.4, 0.5) is 16.2 Å². The second-order valence-electron chi connectivity index (χ2n) is 12.8. The summed E-state index contributed by atoms with van der Waals surface area (Å²) in [5, 5.41) is 4.67. The molecule has 2 atom stereocenters. The third-order valence-corrected chi connectivity index (χ3v) is 8.49. The van der Waals surface area contributed by atoms with E-state index in [-0.39, 0.29) is 12.3 Å². The highest BCUT2D eigenvalue weighted by molar-refractivity contribution is 6.11. The first-order valence-corrected chi connectivity index (χ1v) is 15.4. The second kappa shape index (κ2) is 12.3. The molecule has 9 heteroatoms. The first-order chi connectivity index (χ1) is 22.0. The molecular weight excluding hydrogens is 582 g/mol. The lowest BCUT2D eigenvalue weighted by molar-refractivity contribution is -0.141. The van der Waals surface area contributed by atoms with Gasteiger partial charge in [0.05, 0.1) is 30.5 Å². The Morgan fingerprint density at radius 2 is 1.46 bits per heavy atom. The summed E-state index contributed by atoms with van der Waals surface area (Å²) in [5.41, 5.74) is 3.40. The number of para-hydroxylation sites is 1. The molecule has 236 valence electrons. The van der Waals surface area contributed by atoms with Crippen LogP contribution in [-0.2, 0) is 38.4 Å². The SMILES string of the molecule is COC(=O)C[C@H]1Cc2ccccc2CN1C(=O)c1cc2ccccc2cc1NC(=O)[C@H]1Cc2ccccc2N1C(=O)OC(C)(C)C. The Labute approximate surface area is 268 Å². The van der Waals surface area contributed by atoms with Crippen LogP contribution in [0.3, 0.4) is 0 Å². The van der Waals surface area contributed by atoms with Gasteiger partial charge in [-0.25, -0.2) is 4.79 Å². The number of methoxy groups -OCH3 is 1. The lowest BCUT2D eigenvalue weighted by atomic mass is 9.91. The van der Waals surface area contributed by atoms with Gasteiger partial charge < -0.3 is 19.7 Å². The smallest absolute Gasteiger partial charge is 0.415 e. The molecule has 0 fully saturated rings. The maximum Gasteiger partial charge on any atom is 0.415 e. The molecule has 4 aromatic rings. The molecule has 0 unspecified atom stereocenters. The van der Waals surface area contributed by atoms with Crippen LogP contribution in [0.5, 0.6) is 0 Å². The summed E-state index contributed by atoms with van der Waals surface area (Å²) >= 11 is 0. The van der Waals surface area contributed by atoms with E-state index in [9.17, 15) is 19.2 Å². The average molecular weight is 620 g/mol. The molecule has 0 spiro atoms. The van der Waals surface area contributed by atoms with Crippen LogP contribution in [0.25, 0.3) is 10.8 Å². The topological polar surface area (TPSA) is 105 Å². The second-order valence-corrected chi connectivity index (χ2v) is 12.8. The predicted octanol–water partition coefficient (Wildman–Crippen LogP) is 6.27. The number of carbonyl (C=O) groups excluding carboxylic acids is 4. The number of benzene rings is 4. The monoisotopic (exact) mass is 619 g/mol. The molecular formula is C37H37N3O6.